The molecule has 242 valence electrons. The maximum Gasteiger partial charge on any atom is 0.419 e. The third-order valence-corrected chi connectivity index (χ3v) is 7.48. The van der Waals surface area contributed by atoms with Crippen LogP contribution in [0.2, 0.25) is 0 Å². The zero-order valence-electron chi connectivity index (χ0n) is 22.6. The van der Waals surface area contributed by atoms with Crippen LogP contribution in [0.4, 0.5) is 48.3 Å². The third-order valence-electron chi connectivity index (χ3n) is 6.61. The largest absolute Gasteiger partial charge is 0.494 e. The molecule has 0 saturated carbocycles. The highest BCUT2D eigenvalue weighted by atomic mass is 32.2. The second kappa shape index (κ2) is 11.7. The molecule has 1 N–H and O–H groups in total. The van der Waals surface area contributed by atoms with Gasteiger partial charge in [-0.25, -0.2) is 8.78 Å². The summed E-state index contributed by atoms with van der Waals surface area (Å²) >= 11 is 0. The summed E-state index contributed by atoms with van der Waals surface area (Å²) < 4.78 is 202. The molecule has 5 nitrogen and oxygen atoms in total. The van der Waals surface area contributed by atoms with Crippen molar-refractivity contribution in [3.63, 3.8) is 0 Å². The maximum atomic E-state index is 15.1. The van der Waals surface area contributed by atoms with Crippen LogP contribution in [0.5, 0.6) is 17.2 Å². The molecular formula is C27H21F11O5S. The van der Waals surface area contributed by atoms with Gasteiger partial charge >= 0.3 is 18.5 Å². The molecule has 0 atom stereocenters. The quantitative estimate of drug-likeness (QED) is 0.192. The molecule has 0 bridgehead atoms. The minimum absolute atomic E-state index is 0.0117. The van der Waals surface area contributed by atoms with E-state index in [4.69, 9.17) is 9.47 Å². The minimum Gasteiger partial charge on any atom is -0.494 e. The zero-order valence-corrected chi connectivity index (χ0v) is 23.4. The van der Waals surface area contributed by atoms with Crippen LogP contribution in [0.3, 0.4) is 0 Å². The first-order chi connectivity index (χ1) is 20.0. The van der Waals surface area contributed by atoms with Gasteiger partial charge in [-0.15, -0.1) is 0 Å². The average Bonchev–Trinajstić information content (AvgIpc) is 2.87. The van der Waals surface area contributed by atoms with Crippen LogP contribution in [0.25, 0.3) is 0 Å². The van der Waals surface area contributed by atoms with Gasteiger partial charge in [-0.05, 0) is 55.7 Å². The number of benzene rings is 3. The minimum atomic E-state index is -6.22. The van der Waals surface area contributed by atoms with Gasteiger partial charge in [0.15, 0.2) is 11.6 Å². The van der Waals surface area contributed by atoms with Crippen molar-refractivity contribution in [3.05, 3.63) is 81.9 Å². The molecule has 0 heterocycles. The molecule has 0 fully saturated rings. The number of rotatable bonds is 8. The molecule has 0 aliphatic carbocycles. The van der Waals surface area contributed by atoms with Gasteiger partial charge in [0.1, 0.15) is 27.8 Å². The fraction of sp³-hybridized carbons (Fsp3) is 0.333. The highest BCUT2D eigenvalue weighted by Gasteiger charge is 2.72. The molecule has 0 aliphatic rings. The van der Waals surface area contributed by atoms with Gasteiger partial charge in [0.05, 0.1) is 6.61 Å². The van der Waals surface area contributed by atoms with Gasteiger partial charge in [0, 0.05) is 11.1 Å². The van der Waals surface area contributed by atoms with E-state index in [0.717, 1.165) is 26.0 Å². The van der Waals surface area contributed by atoms with Crippen molar-refractivity contribution in [2.45, 2.75) is 56.0 Å². The molecule has 44 heavy (non-hydrogen) atoms. The number of hydrogen-bond donors (Lipinski definition) is 1. The SMILES string of the molecule is CCOc1ccc(C(c2ccc(Oc3c(C)c(F)c(CC)c(C(F)(F)F)c3F)c(S(=O)(=O)O)c2)(C(F)(F)F)C(F)(F)F)cc1. The monoisotopic (exact) mass is 666 g/mol. The van der Waals surface area contributed by atoms with Crippen molar-refractivity contribution in [3.8, 4) is 17.2 Å². The van der Waals surface area contributed by atoms with E-state index in [0.29, 0.717) is 12.1 Å². The Morgan fingerprint density at radius 3 is 1.75 bits per heavy atom. The van der Waals surface area contributed by atoms with Gasteiger partial charge in [-0.1, -0.05) is 25.1 Å². The van der Waals surface area contributed by atoms with Gasteiger partial charge in [0.25, 0.3) is 10.1 Å². The lowest BCUT2D eigenvalue weighted by Crippen LogP contribution is -2.54. The van der Waals surface area contributed by atoms with Crippen molar-refractivity contribution in [1.82, 2.24) is 0 Å². The van der Waals surface area contributed by atoms with Gasteiger partial charge in [-0.3, -0.25) is 4.55 Å². The number of hydrogen-bond acceptors (Lipinski definition) is 4. The first-order valence-corrected chi connectivity index (χ1v) is 13.7. The zero-order chi connectivity index (χ0) is 33.6. The molecule has 0 radical (unpaired) electrons. The fourth-order valence-corrected chi connectivity index (χ4v) is 5.32. The molecule has 17 heteroatoms. The molecule has 0 aromatic heterocycles. The summed E-state index contributed by atoms with van der Waals surface area (Å²) in [6, 6.07) is 2.40. The van der Waals surface area contributed by atoms with Crippen molar-refractivity contribution in [1.29, 1.82) is 0 Å². The molecule has 0 aliphatic heterocycles. The fourth-order valence-electron chi connectivity index (χ4n) is 4.68. The molecule has 0 amide bonds. The predicted molar refractivity (Wildman–Crippen MR) is 132 cm³/mol. The van der Waals surface area contributed by atoms with E-state index in [2.05, 4.69) is 0 Å². The van der Waals surface area contributed by atoms with Crippen molar-refractivity contribution in [2.24, 2.45) is 0 Å². The summed E-state index contributed by atoms with van der Waals surface area (Å²) in [5.74, 6) is -6.94. The Morgan fingerprint density at radius 2 is 1.32 bits per heavy atom. The van der Waals surface area contributed by atoms with Gasteiger partial charge < -0.3 is 9.47 Å². The van der Waals surface area contributed by atoms with E-state index in [9.17, 15) is 56.9 Å². The van der Waals surface area contributed by atoms with E-state index >= 15 is 4.39 Å². The van der Waals surface area contributed by atoms with E-state index < -0.39 is 96.3 Å². The number of halogens is 11. The summed E-state index contributed by atoms with van der Waals surface area (Å²) in [5.41, 5.74) is -12.4. The Hall–Kier alpha value is -3.60. The lowest BCUT2D eigenvalue weighted by molar-refractivity contribution is -0.288. The normalized spacial score (nSPS) is 13.2. The predicted octanol–water partition coefficient (Wildman–Crippen LogP) is 8.70. The van der Waals surface area contributed by atoms with Crippen LogP contribution >= 0.6 is 0 Å². The number of alkyl halides is 9. The molecule has 0 spiro atoms. The molecule has 0 unspecified atom stereocenters. The van der Waals surface area contributed by atoms with Crippen LogP contribution in [0.15, 0.2) is 47.4 Å². The molecular weight excluding hydrogens is 645 g/mol. The molecule has 0 saturated heterocycles. The van der Waals surface area contributed by atoms with Gasteiger partial charge in [0.2, 0.25) is 5.41 Å². The van der Waals surface area contributed by atoms with E-state index in [1.165, 1.54) is 6.92 Å². The number of ether oxygens (including phenoxy) is 2. The maximum absolute atomic E-state index is 15.1. The molecule has 3 aromatic carbocycles. The first-order valence-electron chi connectivity index (χ1n) is 12.3. The Balaban J connectivity index is 2.39. The van der Waals surface area contributed by atoms with E-state index in [-0.39, 0.29) is 30.6 Å². The van der Waals surface area contributed by atoms with E-state index in [1.54, 1.807) is 0 Å². The van der Waals surface area contributed by atoms with Crippen LogP contribution in [0.1, 0.15) is 41.7 Å². The van der Waals surface area contributed by atoms with E-state index in [1.807, 2.05) is 0 Å². The lowest BCUT2D eigenvalue weighted by atomic mass is 9.73. The average molecular weight is 667 g/mol. The van der Waals surface area contributed by atoms with Crippen molar-refractivity contribution in [2.75, 3.05) is 6.61 Å². The van der Waals surface area contributed by atoms with Crippen molar-refractivity contribution >= 4 is 10.1 Å². The topological polar surface area (TPSA) is 72.8 Å². The molecule has 3 aromatic rings. The summed E-state index contributed by atoms with van der Waals surface area (Å²) in [6.07, 6.45) is -18.6. The van der Waals surface area contributed by atoms with Gasteiger partial charge in [-0.2, -0.15) is 47.9 Å². The highest BCUT2D eigenvalue weighted by Crippen LogP contribution is 2.57. The second-order valence-electron chi connectivity index (χ2n) is 9.23. The highest BCUT2D eigenvalue weighted by molar-refractivity contribution is 7.86. The Morgan fingerprint density at radius 1 is 0.795 bits per heavy atom. The second-order valence-corrected chi connectivity index (χ2v) is 10.6. The summed E-state index contributed by atoms with van der Waals surface area (Å²) in [4.78, 5) is -1.81. The summed E-state index contributed by atoms with van der Waals surface area (Å²) in [6.45, 7) is 3.31. The first kappa shape index (κ1) is 34.9. The van der Waals surface area contributed by atoms with Crippen LogP contribution in [-0.4, -0.2) is 31.9 Å². The summed E-state index contributed by atoms with van der Waals surface area (Å²) in [5, 5.41) is 0. The lowest BCUT2D eigenvalue weighted by Gasteiger charge is -2.38. The van der Waals surface area contributed by atoms with Crippen LogP contribution < -0.4 is 9.47 Å². The summed E-state index contributed by atoms with van der Waals surface area (Å²) in [7, 11) is -5.83. The standard InChI is InChI=1S/C27H21F11O5S/c1-4-17-20(25(30,31)32)22(29)23(13(3)21(17)28)43-18-11-8-15(12-19(18)44(39,40)41)24(26(33,34)35,27(36,37)38)14-6-9-16(10-7-14)42-5-2/h6-12H,4-5H2,1-3H3,(H,39,40,41). The van der Waals surface area contributed by atoms with Crippen LogP contribution in [-0.2, 0) is 28.1 Å². The van der Waals surface area contributed by atoms with Crippen molar-refractivity contribution < 1.29 is 70.7 Å². The Kier molecular flexibility index (Phi) is 9.29. The Bertz CT molecular complexity index is 1630. The Labute approximate surface area is 243 Å². The molecule has 3 rings (SSSR count). The van der Waals surface area contributed by atoms with Crippen LogP contribution in [0, 0.1) is 18.6 Å². The third kappa shape index (κ3) is 6.03. The smallest absolute Gasteiger partial charge is 0.419 e.